The Balaban J connectivity index is 2.22. The van der Waals surface area contributed by atoms with Gasteiger partial charge in [-0.1, -0.05) is 0 Å². The minimum atomic E-state index is 0.383. The van der Waals surface area contributed by atoms with E-state index in [1.165, 1.54) is 17.7 Å². The molecule has 2 aromatic rings. The Morgan fingerprint density at radius 1 is 1.59 bits per heavy atom. The zero-order valence-corrected chi connectivity index (χ0v) is 9.91. The molecule has 86 valence electrons. The van der Waals surface area contributed by atoms with Crippen molar-refractivity contribution in [3.05, 3.63) is 40.9 Å². The Morgan fingerprint density at radius 3 is 3.00 bits per heavy atom. The largest absolute Gasteiger partial charge is 0.336 e. The van der Waals surface area contributed by atoms with Crippen LogP contribution in [-0.4, -0.2) is 26.3 Å². The van der Waals surface area contributed by atoms with Gasteiger partial charge in [-0.2, -0.15) is 0 Å². The number of aromatic amines is 1. The lowest BCUT2D eigenvalue weighted by Crippen LogP contribution is -1.93. The molecule has 0 unspecified atom stereocenters. The van der Waals surface area contributed by atoms with Gasteiger partial charge in [0.2, 0.25) is 0 Å². The summed E-state index contributed by atoms with van der Waals surface area (Å²) in [4.78, 5) is 18.2. The Hall–Kier alpha value is -2.08. The van der Waals surface area contributed by atoms with E-state index < -0.39 is 0 Å². The van der Waals surface area contributed by atoms with Crippen molar-refractivity contribution in [2.45, 2.75) is 6.92 Å². The summed E-state index contributed by atoms with van der Waals surface area (Å²) in [7, 11) is 0. The molecule has 0 radical (unpaired) electrons. The molecule has 6 heteroatoms. The van der Waals surface area contributed by atoms with Crippen LogP contribution in [0.15, 0.2) is 24.5 Å². The van der Waals surface area contributed by atoms with Crippen molar-refractivity contribution in [2.75, 3.05) is 0 Å². The van der Waals surface area contributed by atoms with Crippen molar-refractivity contribution in [2.24, 2.45) is 0 Å². The van der Waals surface area contributed by atoms with Crippen LogP contribution in [0, 0.1) is 5.41 Å². The second-order valence-electron chi connectivity index (χ2n) is 3.42. The van der Waals surface area contributed by atoms with Crippen molar-refractivity contribution >= 4 is 29.1 Å². The first-order chi connectivity index (χ1) is 8.20. The number of imidazole rings is 1. The first-order valence-corrected chi connectivity index (χ1v) is 5.66. The summed E-state index contributed by atoms with van der Waals surface area (Å²) in [5, 5.41) is 7.86. The molecule has 0 saturated carbocycles. The SMILES string of the molecule is C/C(=C/C(=N)c1ccns1)c1ncc(C=O)[nH]1. The standard InChI is InChI=1S/C11H10N4OS/c1-7(11-13-5-8(6-16)15-11)4-9(12)10-2-3-14-17-10/h2-6,12H,1H3,(H,13,15)/b7-4-,12-9?. The van der Waals surface area contributed by atoms with E-state index >= 15 is 0 Å². The first kappa shape index (κ1) is 11.4. The van der Waals surface area contributed by atoms with Gasteiger partial charge in [-0.25, -0.2) is 9.36 Å². The summed E-state index contributed by atoms with van der Waals surface area (Å²) in [6.45, 7) is 1.84. The molecule has 2 N–H and O–H groups in total. The van der Waals surface area contributed by atoms with Gasteiger partial charge in [-0.15, -0.1) is 0 Å². The van der Waals surface area contributed by atoms with Crippen molar-refractivity contribution < 1.29 is 4.79 Å². The molecule has 2 rings (SSSR count). The zero-order valence-electron chi connectivity index (χ0n) is 9.10. The maximum absolute atomic E-state index is 10.5. The van der Waals surface area contributed by atoms with Gasteiger partial charge in [0.25, 0.3) is 0 Å². The van der Waals surface area contributed by atoms with Crippen LogP contribution in [0.3, 0.4) is 0 Å². The highest BCUT2D eigenvalue weighted by Crippen LogP contribution is 2.13. The smallest absolute Gasteiger partial charge is 0.167 e. The second-order valence-corrected chi connectivity index (χ2v) is 4.26. The fraction of sp³-hybridized carbons (Fsp3) is 0.0909. The van der Waals surface area contributed by atoms with E-state index in [-0.39, 0.29) is 0 Å². The minimum absolute atomic E-state index is 0.383. The molecule has 0 spiro atoms. The number of carbonyl (C=O) groups excluding carboxylic acids is 1. The lowest BCUT2D eigenvalue weighted by atomic mass is 10.2. The van der Waals surface area contributed by atoms with Gasteiger partial charge in [0, 0.05) is 6.20 Å². The minimum Gasteiger partial charge on any atom is -0.336 e. The van der Waals surface area contributed by atoms with Crippen LogP contribution in [0.1, 0.15) is 28.1 Å². The maximum atomic E-state index is 10.5. The van der Waals surface area contributed by atoms with E-state index in [4.69, 9.17) is 5.41 Å². The third kappa shape index (κ3) is 2.54. The molecule has 0 aliphatic carbocycles. The zero-order chi connectivity index (χ0) is 12.3. The van der Waals surface area contributed by atoms with Crippen molar-refractivity contribution in [1.29, 1.82) is 5.41 Å². The van der Waals surface area contributed by atoms with Crippen LogP contribution >= 0.6 is 11.5 Å². The summed E-state index contributed by atoms with van der Waals surface area (Å²) >= 11 is 1.27. The molecule has 5 nitrogen and oxygen atoms in total. The van der Waals surface area contributed by atoms with Crippen LogP contribution < -0.4 is 0 Å². The Kier molecular flexibility index (Phi) is 3.24. The maximum Gasteiger partial charge on any atom is 0.167 e. The average Bonchev–Trinajstić information content (AvgIpc) is 3.00. The molecular formula is C11H10N4OS. The third-order valence-corrected chi connectivity index (χ3v) is 2.94. The number of carbonyl (C=O) groups is 1. The number of nitrogens with one attached hydrogen (secondary N) is 2. The normalized spacial score (nSPS) is 11.5. The third-order valence-electron chi connectivity index (χ3n) is 2.16. The van der Waals surface area contributed by atoms with E-state index in [1.807, 2.05) is 6.92 Å². The molecule has 0 bridgehead atoms. The topological polar surface area (TPSA) is 82.5 Å². The van der Waals surface area contributed by atoms with Crippen molar-refractivity contribution in [3.8, 4) is 0 Å². The van der Waals surface area contributed by atoms with Gasteiger partial charge in [-0.05, 0) is 36.2 Å². The van der Waals surface area contributed by atoms with Crippen LogP contribution in [0.5, 0.6) is 0 Å². The van der Waals surface area contributed by atoms with Crippen LogP contribution in [-0.2, 0) is 0 Å². The summed E-state index contributed by atoms with van der Waals surface area (Å²) in [5.74, 6) is 0.598. The number of aromatic nitrogens is 3. The average molecular weight is 246 g/mol. The van der Waals surface area contributed by atoms with Crippen LogP contribution in [0.4, 0.5) is 0 Å². The summed E-state index contributed by atoms with van der Waals surface area (Å²) in [6, 6.07) is 1.79. The number of H-pyrrole nitrogens is 1. The van der Waals surface area contributed by atoms with E-state index in [9.17, 15) is 4.79 Å². The highest BCUT2D eigenvalue weighted by molar-refractivity contribution is 7.08. The summed E-state index contributed by atoms with van der Waals surface area (Å²) < 4.78 is 3.94. The number of allylic oxidation sites excluding steroid dienone is 2. The Bertz CT molecular complexity index is 568. The van der Waals surface area contributed by atoms with Gasteiger partial charge in [-0.3, -0.25) is 10.2 Å². The van der Waals surface area contributed by atoms with Gasteiger partial charge in [0.05, 0.1) is 22.5 Å². The molecule has 2 aromatic heterocycles. The molecule has 0 atom stereocenters. The van der Waals surface area contributed by atoms with Crippen molar-refractivity contribution in [3.63, 3.8) is 0 Å². The van der Waals surface area contributed by atoms with E-state index in [0.29, 0.717) is 23.5 Å². The van der Waals surface area contributed by atoms with Gasteiger partial charge >= 0.3 is 0 Å². The number of aldehydes is 1. The molecule has 0 aliphatic heterocycles. The Morgan fingerprint density at radius 2 is 2.41 bits per heavy atom. The summed E-state index contributed by atoms with van der Waals surface area (Å²) in [5.41, 5.74) is 1.61. The lowest BCUT2D eigenvalue weighted by molar-refractivity contribution is 0.111. The van der Waals surface area contributed by atoms with Gasteiger partial charge in [0.15, 0.2) is 6.29 Å². The quantitative estimate of drug-likeness (QED) is 0.640. The molecule has 2 heterocycles. The van der Waals surface area contributed by atoms with E-state index in [1.54, 1.807) is 18.3 Å². The van der Waals surface area contributed by atoms with Crippen molar-refractivity contribution in [1.82, 2.24) is 14.3 Å². The highest BCUT2D eigenvalue weighted by Gasteiger charge is 2.05. The molecule has 0 fully saturated rings. The number of hydrogen-bond acceptors (Lipinski definition) is 5. The van der Waals surface area contributed by atoms with Gasteiger partial charge in [0.1, 0.15) is 5.82 Å². The monoisotopic (exact) mass is 246 g/mol. The molecule has 0 saturated heterocycles. The molecule has 0 aromatic carbocycles. The fourth-order valence-corrected chi connectivity index (χ4v) is 1.82. The molecule has 17 heavy (non-hydrogen) atoms. The van der Waals surface area contributed by atoms with E-state index in [0.717, 1.165) is 10.5 Å². The van der Waals surface area contributed by atoms with Crippen LogP contribution in [0.2, 0.25) is 0 Å². The molecular weight excluding hydrogens is 236 g/mol. The fourth-order valence-electron chi connectivity index (χ4n) is 1.31. The van der Waals surface area contributed by atoms with Gasteiger partial charge < -0.3 is 4.98 Å². The predicted molar refractivity (Wildman–Crippen MR) is 66.6 cm³/mol. The number of nitrogens with zero attached hydrogens (tertiary/aromatic N) is 2. The highest BCUT2D eigenvalue weighted by atomic mass is 32.1. The first-order valence-electron chi connectivity index (χ1n) is 4.89. The van der Waals surface area contributed by atoms with E-state index in [2.05, 4.69) is 14.3 Å². The Labute approximate surface area is 102 Å². The summed E-state index contributed by atoms with van der Waals surface area (Å²) in [6.07, 6.45) is 5.53. The second kappa shape index (κ2) is 4.84. The lowest BCUT2D eigenvalue weighted by Gasteiger charge is -1.97. The predicted octanol–water partition coefficient (Wildman–Crippen LogP) is 2.15. The number of hydrogen-bond donors (Lipinski definition) is 2. The number of rotatable bonds is 4. The molecule has 0 aliphatic rings. The molecule has 0 amide bonds. The van der Waals surface area contributed by atoms with Crippen LogP contribution in [0.25, 0.3) is 5.57 Å².